The van der Waals surface area contributed by atoms with Crippen molar-refractivity contribution >= 4 is 39.1 Å². The predicted molar refractivity (Wildman–Crippen MR) is 78.2 cm³/mol. The van der Waals surface area contributed by atoms with Gasteiger partial charge in [-0.3, -0.25) is 4.79 Å². The SMILES string of the molecule is N#Cc1ccc(Cl)c(NC(=O)c2ccc(F)c(Br)c2)c1. The highest BCUT2D eigenvalue weighted by molar-refractivity contribution is 9.10. The number of hydrogen-bond donors (Lipinski definition) is 1. The van der Waals surface area contributed by atoms with Crippen LogP contribution in [0.4, 0.5) is 10.1 Å². The first-order valence-corrected chi connectivity index (χ1v) is 6.64. The molecule has 0 fully saturated rings. The van der Waals surface area contributed by atoms with Crippen LogP contribution in [0.15, 0.2) is 40.9 Å². The van der Waals surface area contributed by atoms with Gasteiger partial charge in [0.1, 0.15) is 5.82 Å². The van der Waals surface area contributed by atoms with Crippen molar-refractivity contribution in [2.75, 3.05) is 5.32 Å². The molecule has 2 rings (SSSR count). The van der Waals surface area contributed by atoms with Crippen LogP contribution in [0.1, 0.15) is 15.9 Å². The maximum atomic E-state index is 13.1. The molecule has 0 aromatic heterocycles. The lowest BCUT2D eigenvalue weighted by Gasteiger charge is -2.08. The van der Waals surface area contributed by atoms with Crippen LogP contribution in [0, 0.1) is 17.1 Å². The van der Waals surface area contributed by atoms with Crippen LogP contribution in [0.5, 0.6) is 0 Å². The summed E-state index contributed by atoms with van der Waals surface area (Å²) in [6, 6.07) is 10.4. The lowest BCUT2D eigenvalue weighted by atomic mass is 10.2. The van der Waals surface area contributed by atoms with Gasteiger partial charge < -0.3 is 5.32 Å². The molecule has 0 unspecified atom stereocenters. The molecule has 0 aliphatic heterocycles. The quantitative estimate of drug-likeness (QED) is 0.872. The summed E-state index contributed by atoms with van der Waals surface area (Å²) in [4.78, 5) is 12.0. The molecule has 2 aromatic rings. The Morgan fingerprint density at radius 3 is 2.70 bits per heavy atom. The minimum atomic E-state index is -0.453. The van der Waals surface area contributed by atoms with E-state index in [4.69, 9.17) is 16.9 Å². The second-order valence-electron chi connectivity index (χ2n) is 3.89. The summed E-state index contributed by atoms with van der Waals surface area (Å²) in [5.41, 5.74) is 0.984. The van der Waals surface area contributed by atoms with Crippen LogP contribution in [0.3, 0.4) is 0 Å². The van der Waals surface area contributed by atoms with Crippen molar-refractivity contribution in [3.63, 3.8) is 0 Å². The summed E-state index contributed by atoms with van der Waals surface area (Å²) in [5.74, 6) is -0.895. The van der Waals surface area contributed by atoms with Crippen LogP contribution in [-0.4, -0.2) is 5.91 Å². The van der Waals surface area contributed by atoms with Crippen molar-refractivity contribution in [2.24, 2.45) is 0 Å². The van der Waals surface area contributed by atoms with E-state index in [0.29, 0.717) is 16.3 Å². The highest BCUT2D eigenvalue weighted by atomic mass is 79.9. The number of rotatable bonds is 2. The molecule has 0 atom stereocenters. The van der Waals surface area contributed by atoms with E-state index < -0.39 is 11.7 Å². The highest BCUT2D eigenvalue weighted by Gasteiger charge is 2.11. The van der Waals surface area contributed by atoms with Gasteiger partial charge in [0, 0.05) is 5.56 Å². The zero-order chi connectivity index (χ0) is 14.7. The molecule has 0 saturated carbocycles. The van der Waals surface area contributed by atoms with Gasteiger partial charge in [0.2, 0.25) is 0 Å². The number of anilines is 1. The summed E-state index contributed by atoms with van der Waals surface area (Å²) < 4.78 is 13.3. The summed E-state index contributed by atoms with van der Waals surface area (Å²) in [7, 11) is 0. The standard InChI is InChI=1S/C14H7BrClFN2O/c15-10-6-9(2-4-12(10)17)14(20)19-13-5-8(7-18)1-3-11(13)16/h1-6H,(H,19,20). The largest absolute Gasteiger partial charge is 0.321 e. The zero-order valence-corrected chi connectivity index (χ0v) is 12.3. The number of hydrogen-bond acceptors (Lipinski definition) is 2. The van der Waals surface area contributed by atoms with E-state index in [0.717, 1.165) is 0 Å². The number of carbonyl (C=O) groups excluding carboxylic acids is 1. The summed E-state index contributed by atoms with van der Waals surface area (Å²) >= 11 is 8.96. The maximum absolute atomic E-state index is 13.1. The first kappa shape index (κ1) is 14.5. The summed E-state index contributed by atoms with van der Waals surface area (Å²) in [6.45, 7) is 0. The Balaban J connectivity index is 2.28. The van der Waals surface area contributed by atoms with Crippen molar-refractivity contribution in [1.82, 2.24) is 0 Å². The molecular formula is C14H7BrClFN2O. The van der Waals surface area contributed by atoms with Crippen molar-refractivity contribution < 1.29 is 9.18 Å². The van der Waals surface area contributed by atoms with Crippen LogP contribution in [0.2, 0.25) is 5.02 Å². The Morgan fingerprint density at radius 2 is 2.05 bits per heavy atom. The minimum absolute atomic E-state index is 0.196. The molecule has 0 spiro atoms. The number of amides is 1. The van der Waals surface area contributed by atoms with Gasteiger partial charge >= 0.3 is 0 Å². The Morgan fingerprint density at radius 1 is 1.30 bits per heavy atom. The van der Waals surface area contributed by atoms with Crippen LogP contribution in [-0.2, 0) is 0 Å². The smallest absolute Gasteiger partial charge is 0.255 e. The number of carbonyl (C=O) groups is 1. The van der Waals surface area contributed by atoms with E-state index in [1.807, 2.05) is 6.07 Å². The summed E-state index contributed by atoms with van der Waals surface area (Å²) in [6.07, 6.45) is 0. The Kier molecular flexibility index (Phi) is 4.38. The van der Waals surface area contributed by atoms with Crippen molar-refractivity contribution in [3.05, 3.63) is 62.8 Å². The molecule has 0 aliphatic rings. The third-order valence-electron chi connectivity index (χ3n) is 2.53. The third-order valence-corrected chi connectivity index (χ3v) is 3.46. The maximum Gasteiger partial charge on any atom is 0.255 e. The van der Waals surface area contributed by atoms with Crippen LogP contribution in [0.25, 0.3) is 0 Å². The average molecular weight is 354 g/mol. The van der Waals surface area contributed by atoms with E-state index in [9.17, 15) is 9.18 Å². The predicted octanol–water partition coefficient (Wildman–Crippen LogP) is 4.37. The normalized spacial score (nSPS) is 9.90. The third kappa shape index (κ3) is 3.16. The monoisotopic (exact) mass is 352 g/mol. The molecule has 20 heavy (non-hydrogen) atoms. The molecule has 0 heterocycles. The molecule has 3 nitrogen and oxygen atoms in total. The first-order valence-electron chi connectivity index (χ1n) is 5.47. The van der Waals surface area contributed by atoms with Gasteiger partial charge in [0.15, 0.2) is 0 Å². The van der Waals surface area contributed by atoms with Crippen molar-refractivity contribution in [2.45, 2.75) is 0 Å². The number of nitrogens with zero attached hydrogens (tertiary/aromatic N) is 1. The minimum Gasteiger partial charge on any atom is -0.321 e. The zero-order valence-electron chi connectivity index (χ0n) is 9.95. The van der Waals surface area contributed by atoms with E-state index in [1.165, 1.54) is 30.3 Å². The summed E-state index contributed by atoms with van der Waals surface area (Å²) in [5, 5.41) is 11.7. The highest BCUT2D eigenvalue weighted by Crippen LogP contribution is 2.24. The Hall–Kier alpha value is -1.90. The van der Waals surface area contributed by atoms with E-state index >= 15 is 0 Å². The van der Waals surface area contributed by atoms with Gasteiger partial charge in [-0.15, -0.1) is 0 Å². The van der Waals surface area contributed by atoms with E-state index in [1.54, 1.807) is 6.07 Å². The van der Waals surface area contributed by atoms with Crippen LogP contribution < -0.4 is 5.32 Å². The molecule has 0 saturated heterocycles. The lowest BCUT2D eigenvalue weighted by molar-refractivity contribution is 0.102. The molecule has 1 N–H and O–H groups in total. The molecule has 100 valence electrons. The van der Waals surface area contributed by atoms with Crippen molar-refractivity contribution in [3.8, 4) is 6.07 Å². The van der Waals surface area contributed by atoms with Gasteiger partial charge in [0.25, 0.3) is 5.91 Å². The molecule has 2 aromatic carbocycles. The molecule has 0 bridgehead atoms. The Labute approximate surface area is 128 Å². The lowest BCUT2D eigenvalue weighted by Crippen LogP contribution is -2.12. The Bertz CT molecular complexity index is 728. The number of nitrogens with one attached hydrogen (secondary N) is 1. The van der Waals surface area contributed by atoms with Crippen LogP contribution >= 0.6 is 27.5 Å². The fourth-order valence-electron chi connectivity index (χ4n) is 1.52. The second kappa shape index (κ2) is 6.04. The van der Waals surface area contributed by atoms with Crippen molar-refractivity contribution in [1.29, 1.82) is 5.26 Å². The average Bonchev–Trinajstić information content (AvgIpc) is 2.44. The number of halogens is 3. The molecule has 1 amide bonds. The number of benzene rings is 2. The topological polar surface area (TPSA) is 52.9 Å². The second-order valence-corrected chi connectivity index (χ2v) is 5.15. The van der Waals surface area contributed by atoms with Gasteiger partial charge in [-0.05, 0) is 52.3 Å². The van der Waals surface area contributed by atoms with Gasteiger partial charge in [-0.25, -0.2) is 4.39 Å². The van der Waals surface area contributed by atoms with E-state index in [2.05, 4.69) is 21.2 Å². The van der Waals surface area contributed by atoms with Gasteiger partial charge in [0.05, 0.1) is 26.8 Å². The molecule has 0 aliphatic carbocycles. The molecule has 0 radical (unpaired) electrons. The fourth-order valence-corrected chi connectivity index (χ4v) is 2.07. The molecule has 6 heteroatoms. The fraction of sp³-hybridized carbons (Fsp3) is 0. The number of nitriles is 1. The molecular weight excluding hydrogens is 347 g/mol. The van der Waals surface area contributed by atoms with E-state index in [-0.39, 0.29) is 10.0 Å². The van der Waals surface area contributed by atoms with Gasteiger partial charge in [-0.2, -0.15) is 5.26 Å². The van der Waals surface area contributed by atoms with Gasteiger partial charge in [-0.1, -0.05) is 11.6 Å². The first-order chi connectivity index (χ1) is 9.51.